The van der Waals surface area contributed by atoms with Crippen LogP contribution in [0.5, 0.6) is 0 Å². The van der Waals surface area contributed by atoms with Crippen molar-refractivity contribution in [3.05, 3.63) is 62.5 Å². The highest BCUT2D eigenvalue weighted by atomic mass is 32.1. The summed E-state index contributed by atoms with van der Waals surface area (Å²) in [5.41, 5.74) is 3.25. The zero-order valence-electron chi connectivity index (χ0n) is 12.5. The molecule has 112 valence electrons. The van der Waals surface area contributed by atoms with E-state index in [4.69, 9.17) is 0 Å². The fraction of sp³-hybridized carbons (Fsp3) is 0.188. The van der Waals surface area contributed by atoms with Crippen molar-refractivity contribution in [2.24, 2.45) is 0 Å². The third-order valence-electron chi connectivity index (χ3n) is 3.71. The molecule has 0 saturated carbocycles. The second kappa shape index (κ2) is 5.38. The summed E-state index contributed by atoms with van der Waals surface area (Å²) in [4.78, 5) is 29.7. The number of nitrogens with one attached hydrogen (secondary N) is 1. The number of aryl methyl sites for hydroxylation is 2. The van der Waals surface area contributed by atoms with Crippen LogP contribution in [0.3, 0.4) is 0 Å². The summed E-state index contributed by atoms with van der Waals surface area (Å²) in [6.45, 7) is 5.73. The van der Waals surface area contributed by atoms with Crippen molar-refractivity contribution in [1.82, 2.24) is 9.38 Å². The minimum Gasteiger partial charge on any atom is -0.322 e. The van der Waals surface area contributed by atoms with Gasteiger partial charge in [-0.1, -0.05) is 12.1 Å². The van der Waals surface area contributed by atoms with Gasteiger partial charge in [0.05, 0.1) is 0 Å². The molecule has 0 aliphatic rings. The maximum absolute atomic E-state index is 12.5. The molecule has 0 saturated heterocycles. The highest BCUT2D eigenvalue weighted by molar-refractivity contribution is 7.15. The van der Waals surface area contributed by atoms with Crippen LogP contribution in [0.15, 0.2) is 34.6 Å². The fourth-order valence-electron chi connectivity index (χ4n) is 2.26. The Bertz CT molecular complexity index is 940. The Labute approximate surface area is 131 Å². The number of amides is 1. The summed E-state index contributed by atoms with van der Waals surface area (Å²) >= 11 is 1.38. The lowest BCUT2D eigenvalue weighted by Gasteiger charge is -2.10. The summed E-state index contributed by atoms with van der Waals surface area (Å²) in [6, 6.07) is 5.66. The smallest absolute Gasteiger partial charge is 0.271 e. The van der Waals surface area contributed by atoms with Gasteiger partial charge in [0, 0.05) is 23.0 Å². The molecule has 0 spiro atoms. The van der Waals surface area contributed by atoms with E-state index in [2.05, 4.69) is 10.3 Å². The lowest BCUT2D eigenvalue weighted by atomic mass is 10.1. The molecule has 0 radical (unpaired) electrons. The van der Waals surface area contributed by atoms with Gasteiger partial charge in [-0.3, -0.25) is 14.0 Å². The molecule has 1 aromatic carbocycles. The zero-order chi connectivity index (χ0) is 15.9. The van der Waals surface area contributed by atoms with E-state index >= 15 is 0 Å². The molecular formula is C16H15N3O2S. The van der Waals surface area contributed by atoms with Crippen LogP contribution in [0, 0.1) is 20.8 Å². The molecule has 2 heterocycles. The lowest BCUT2D eigenvalue weighted by molar-refractivity contribution is 0.102. The topological polar surface area (TPSA) is 63.5 Å². The van der Waals surface area contributed by atoms with Crippen LogP contribution in [0.2, 0.25) is 0 Å². The molecular weight excluding hydrogens is 298 g/mol. The van der Waals surface area contributed by atoms with Crippen LogP contribution in [0.4, 0.5) is 5.69 Å². The van der Waals surface area contributed by atoms with Gasteiger partial charge in [0.15, 0.2) is 4.96 Å². The van der Waals surface area contributed by atoms with Crippen LogP contribution in [-0.2, 0) is 0 Å². The zero-order valence-corrected chi connectivity index (χ0v) is 13.3. The van der Waals surface area contributed by atoms with Gasteiger partial charge in [-0.15, -0.1) is 11.3 Å². The largest absolute Gasteiger partial charge is 0.322 e. The van der Waals surface area contributed by atoms with Crippen LogP contribution in [0.1, 0.15) is 27.2 Å². The Kier molecular flexibility index (Phi) is 3.54. The first-order chi connectivity index (χ1) is 10.5. The normalized spacial score (nSPS) is 10.9. The third-order valence-corrected chi connectivity index (χ3v) is 4.67. The Balaban J connectivity index is 2.02. The summed E-state index contributed by atoms with van der Waals surface area (Å²) in [6.07, 6.45) is 1.34. The summed E-state index contributed by atoms with van der Waals surface area (Å²) in [7, 11) is 0. The molecule has 3 rings (SSSR count). The summed E-state index contributed by atoms with van der Waals surface area (Å²) < 4.78 is 1.46. The Hall–Kier alpha value is -2.47. The van der Waals surface area contributed by atoms with Gasteiger partial charge in [0.1, 0.15) is 5.56 Å². The number of benzene rings is 1. The second-order valence-electron chi connectivity index (χ2n) is 5.17. The van der Waals surface area contributed by atoms with E-state index in [1.807, 2.05) is 44.4 Å². The monoisotopic (exact) mass is 313 g/mol. The number of hydrogen-bond acceptors (Lipinski definition) is 4. The first-order valence-corrected chi connectivity index (χ1v) is 7.70. The van der Waals surface area contributed by atoms with Crippen molar-refractivity contribution in [3.63, 3.8) is 0 Å². The number of thiazole rings is 1. The van der Waals surface area contributed by atoms with Crippen molar-refractivity contribution in [2.45, 2.75) is 20.8 Å². The van der Waals surface area contributed by atoms with E-state index < -0.39 is 5.91 Å². The number of anilines is 1. The maximum Gasteiger partial charge on any atom is 0.271 e. The van der Waals surface area contributed by atoms with E-state index in [0.717, 1.165) is 16.8 Å². The summed E-state index contributed by atoms with van der Waals surface area (Å²) in [5, 5.41) is 4.64. The molecule has 6 heteroatoms. The molecule has 5 nitrogen and oxygen atoms in total. The molecule has 0 unspecified atom stereocenters. The van der Waals surface area contributed by atoms with Crippen molar-refractivity contribution in [3.8, 4) is 0 Å². The van der Waals surface area contributed by atoms with Gasteiger partial charge in [-0.05, 0) is 38.0 Å². The number of hydrogen-bond donors (Lipinski definition) is 1. The number of fused-ring (bicyclic) bond motifs is 1. The second-order valence-corrected chi connectivity index (χ2v) is 6.01. The third kappa shape index (κ3) is 2.31. The van der Waals surface area contributed by atoms with Crippen LogP contribution in [-0.4, -0.2) is 15.3 Å². The van der Waals surface area contributed by atoms with Gasteiger partial charge in [-0.2, -0.15) is 0 Å². The molecule has 0 fully saturated rings. The van der Waals surface area contributed by atoms with Crippen molar-refractivity contribution >= 4 is 27.9 Å². The molecule has 2 aromatic heterocycles. The van der Waals surface area contributed by atoms with Gasteiger partial charge < -0.3 is 5.32 Å². The number of nitrogens with zero attached hydrogens (tertiary/aromatic N) is 2. The van der Waals surface area contributed by atoms with Gasteiger partial charge >= 0.3 is 0 Å². The Morgan fingerprint density at radius 2 is 2.05 bits per heavy atom. The standard InChI is InChI=1S/C16H15N3O2S/c1-9-5-4-6-13(11(9)3)18-14(20)12-7-17-16-19(15(12)21)10(2)8-22-16/h4-8H,1-3H3,(H,18,20). The van der Waals surface area contributed by atoms with Crippen LogP contribution >= 0.6 is 11.3 Å². The van der Waals surface area contributed by atoms with Crippen molar-refractivity contribution < 1.29 is 4.79 Å². The average Bonchev–Trinajstić information content (AvgIpc) is 2.86. The van der Waals surface area contributed by atoms with E-state index in [1.54, 1.807) is 0 Å². The van der Waals surface area contributed by atoms with E-state index in [0.29, 0.717) is 10.6 Å². The first kappa shape index (κ1) is 14.5. The first-order valence-electron chi connectivity index (χ1n) is 6.82. The van der Waals surface area contributed by atoms with Crippen LogP contribution in [0.25, 0.3) is 4.96 Å². The molecule has 0 atom stereocenters. The predicted octanol–water partition coefficient (Wildman–Crippen LogP) is 2.93. The molecule has 3 aromatic rings. The van der Waals surface area contributed by atoms with Gasteiger partial charge in [0.25, 0.3) is 11.5 Å². The van der Waals surface area contributed by atoms with Crippen molar-refractivity contribution in [1.29, 1.82) is 0 Å². The molecule has 0 aliphatic carbocycles. The minimum absolute atomic E-state index is 0.0416. The Morgan fingerprint density at radius 1 is 1.27 bits per heavy atom. The van der Waals surface area contributed by atoms with Crippen molar-refractivity contribution in [2.75, 3.05) is 5.32 Å². The molecule has 22 heavy (non-hydrogen) atoms. The minimum atomic E-state index is -0.439. The molecule has 1 N–H and O–H groups in total. The number of rotatable bonds is 2. The maximum atomic E-state index is 12.5. The van der Waals surface area contributed by atoms with Gasteiger partial charge in [0.2, 0.25) is 0 Å². The quantitative estimate of drug-likeness (QED) is 0.791. The molecule has 1 amide bonds. The average molecular weight is 313 g/mol. The van der Waals surface area contributed by atoms with E-state index in [-0.39, 0.29) is 11.1 Å². The predicted molar refractivity (Wildman–Crippen MR) is 87.9 cm³/mol. The van der Waals surface area contributed by atoms with Crippen LogP contribution < -0.4 is 10.9 Å². The summed E-state index contributed by atoms with van der Waals surface area (Å²) in [5.74, 6) is -0.439. The highest BCUT2D eigenvalue weighted by Crippen LogP contribution is 2.18. The number of carbonyl (C=O) groups is 1. The number of aromatic nitrogens is 2. The SMILES string of the molecule is Cc1cccc(NC(=O)c2cnc3scc(C)n3c2=O)c1C. The van der Waals surface area contributed by atoms with E-state index in [9.17, 15) is 9.59 Å². The molecule has 0 bridgehead atoms. The Morgan fingerprint density at radius 3 is 2.82 bits per heavy atom. The fourth-order valence-corrected chi connectivity index (χ4v) is 3.08. The van der Waals surface area contributed by atoms with E-state index in [1.165, 1.54) is 21.9 Å². The number of carbonyl (C=O) groups excluding carboxylic acids is 1. The lowest BCUT2D eigenvalue weighted by Crippen LogP contribution is -2.26. The highest BCUT2D eigenvalue weighted by Gasteiger charge is 2.16. The van der Waals surface area contributed by atoms with Gasteiger partial charge in [-0.25, -0.2) is 4.98 Å². The molecule has 0 aliphatic heterocycles.